The van der Waals surface area contributed by atoms with Crippen LogP contribution in [0.2, 0.25) is 5.15 Å². The Labute approximate surface area is 98.8 Å². The summed E-state index contributed by atoms with van der Waals surface area (Å²) < 4.78 is 5.01. The molecule has 6 nitrogen and oxygen atoms in total. The lowest BCUT2D eigenvalue weighted by atomic mass is 10.2. The maximum Gasteiger partial charge on any atom is 0.157 e. The number of nitrogens with zero attached hydrogens (tertiary/aromatic N) is 2. The molecule has 1 rings (SSSR count). The molecule has 0 aliphatic carbocycles. The standard InChI is InChI=1S/C9H15ClN4O2/c1-16-4-6(2-3-15)14-9-7(11)8(10)12-5-13-9/h5-6,15H,2-4,11H2,1H3,(H,12,13,14). The van der Waals surface area contributed by atoms with Crippen molar-refractivity contribution >= 4 is 23.1 Å². The lowest BCUT2D eigenvalue weighted by molar-refractivity contribution is 0.170. The Morgan fingerprint density at radius 1 is 1.62 bits per heavy atom. The van der Waals surface area contributed by atoms with Crippen LogP contribution in [0.3, 0.4) is 0 Å². The van der Waals surface area contributed by atoms with Crippen molar-refractivity contribution in [2.24, 2.45) is 0 Å². The molecular formula is C9H15ClN4O2. The molecule has 0 amide bonds. The van der Waals surface area contributed by atoms with Gasteiger partial charge in [-0.3, -0.25) is 0 Å². The third-order valence-electron chi connectivity index (χ3n) is 2.02. The van der Waals surface area contributed by atoms with Crippen molar-refractivity contribution in [2.75, 3.05) is 31.4 Å². The number of nitrogens with one attached hydrogen (secondary N) is 1. The first-order chi connectivity index (χ1) is 7.69. The van der Waals surface area contributed by atoms with E-state index in [1.165, 1.54) is 6.33 Å². The molecule has 0 aliphatic rings. The molecule has 90 valence electrons. The van der Waals surface area contributed by atoms with Crippen LogP contribution >= 0.6 is 11.6 Å². The van der Waals surface area contributed by atoms with E-state index in [0.717, 1.165) is 0 Å². The molecule has 16 heavy (non-hydrogen) atoms. The summed E-state index contributed by atoms with van der Waals surface area (Å²) in [6.45, 7) is 0.501. The Bertz CT molecular complexity index is 331. The van der Waals surface area contributed by atoms with Gasteiger partial charge in [0.25, 0.3) is 0 Å². The van der Waals surface area contributed by atoms with Gasteiger partial charge in [0.15, 0.2) is 11.0 Å². The van der Waals surface area contributed by atoms with E-state index in [-0.39, 0.29) is 17.8 Å². The van der Waals surface area contributed by atoms with Crippen molar-refractivity contribution in [1.29, 1.82) is 0 Å². The van der Waals surface area contributed by atoms with E-state index in [1.54, 1.807) is 7.11 Å². The Morgan fingerprint density at radius 3 is 3.00 bits per heavy atom. The van der Waals surface area contributed by atoms with Crippen LogP contribution in [0, 0.1) is 0 Å². The number of anilines is 2. The number of hydrogen-bond acceptors (Lipinski definition) is 6. The highest BCUT2D eigenvalue weighted by Crippen LogP contribution is 2.22. The fraction of sp³-hybridized carbons (Fsp3) is 0.556. The molecule has 0 aromatic carbocycles. The number of hydrogen-bond donors (Lipinski definition) is 3. The Morgan fingerprint density at radius 2 is 2.38 bits per heavy atom. The number of methoxy groups -OCH3 is 1. The normalized spacial score (nSPS) is 12.4. The van der Waals surface area contributed by atoms with Gasteiger partial charge in [0.2, 0.25) is 0 Å². The molecular weight excluding hydrogens is 232 g/mol. The van der Waals surface area contributed by atoms with E-state index in [0.29, 0.717) is 24.5 Å². The molecule has 0 fully saturated rings. The topological polar surface area (TPSA) is 93.3 Å². The number of nitrogens with two attached hydrogens (primary N) is 1. The first kappa shape index (κ1) is 13.0. The van der Waals surface area contributed by atoms with Gasteiger partial charge in [-0.25, -0.2) is 9.97 Å². The molecule has 0 aliphatic heterocycles. The van der Waals surface area contributed by atoms with E-state index in [2.05, 4.69) is 15.3 Å². The van der Waals surface area contributed by atoms with Crippen LogP contribution in [0.25, 0.3) is 0 Å². The summed E-state index contributed by atoms with van der Waals surface area (Å²) in [4.78, 5) is 7.72. The van der Waals surface area contributed by atoms with Crippen LogP contribution in [0.5, 0.6) is 0 Å². The smallest absolute Gasteiger partial charge is 0.157 e. The summed E-state index contributed by atoms with van der Waals surface area (Å²) in [5.41, 5.74) is 6.00. The van der Waals surface area contributed by atoms with Gasteiger partial charge in [-0.15, -0.1) is 0 Å². The third-order valence-corrected chi connectivity index (χ3v) is 2.32. The highest BCUT2D eigenvalue weighted by molar-refractivity contribution is 6.32. The first-order valence-corrected chi connectivity index (χ1v) is 5.19. The number of ether oxygens (including phenoxy) is 1. The van der Waals surface area contributed by atoms with Crippen molar-refractivity contribution in [1.82, 2.24) is 9.97 Å². The number of nitrogen functional groups attached to an aromatic ring is 1. The predicted molar refractivity (Wildman–Crippen MR) is 62.4 cm³/mol. The van der Waals surface area contributed by atoms with Crippen LogP contribution in [0.15, 0.2) is 6.33 Å². The number of rotatable bonds is 6. The molecule has 7 heteroatoms. The van der Waals surface area contributed by atoms with Gasteiger partial charge in [0.05, 0.1) is 12.6 Å². The minimum atomic E-state index is -0.0664. The minimum Gasteiger partial charge on any atom is -0.396 e. The zero-order valence-electron chi connectivity index (χ0n) is 8.98. The highest BCUT2D eigenvalue weighted by Gasteiger charge is 2.12. The zero-order valence-corrected chi connectivity index (χ0v) is 9.74. The van der Waals surface area contributed by atoms with Crippen LogP contribution in [-0.2, 0) is 4.74 Å². The lowest BCUT2D eigenvalue weighted by Gasteiger charge is -2.18. The van der Waals surface area contributed by atoms with Crippen molar-refractivity contribution in [2.45, 2.75) is 12.5 Å². The van der Waals surface area contributed by atoms with Crippen molar-refractivity contribution in [3.63, 3.8) is 0 Å². The highest BCUT2D eigenvalue weighted by atomic mass is 35.5. The van der Waals surface area contributed by atoms with E-state index in [9.17, 15) is 0 Å². The summed E-state index contributed by atoms with van der Waals surface area (Å²) in [7, 11) is 1.59. The summed E-state index contributed by atoms with van der Waals surface area (Å²) in [6.07, 6.45) is 1.86. The molecule has 1 unspecified atom stereocenters. The summed E-state index contributed by atoms with van der Waals surface area (Å²) in [5, 5.41) is 12.1. The molecule has 1 aromatic heterocycles. The summed E-state index contributed by atoms with van der Waals surface area (Å²) >= 11 is 5.75. The average Bonchev–Trinajstić information content (AvgIpc) is 2.25. The van der Waals surface area contributed by atoms with Crippen molar-refractivity contribution in [3.05, 3.63) is 11.5 Å². The van der Waals surface area contributed by atoms with Gasteiger partial charge in [-0.2, -0.15) is 0 Å². The molecule has 1 atom stereocenters. The molecule has 0 spiro atoms. The second kappa shape index (κ2) is 6.47. The maximum absolute atomic E-state index is 8.88. The fourth-order valence-corrected chi connectivity index (χ4v) is 1.37. The van der Waals surface area contributed by atoms with E-state index < -0.39 is 0 Å². The average molecular weight is 247 g/mol. The molecule has 0 bridgehead atoms. The van der Waals surface area contributed by atoms with E-state index in [1.807, 2.05) is 0 Å². The molecule has 0 saturated heterocycles. The van der Waals surface area contributed by atoms with Gasteiger partial charge in [0, 0.05) is 13.7 Å². The van der Waals surface area contributed by atoms with E-state index >= 15 is 0 Å². The van der Waals surface area contributed by atoms with Crippen molar-refractivity contribution in [3.8, 4) is 0 Å². The molecule has 4 N–H and O–H groups in total. The van der Waals surface area contributed by atoms with Gasteiger partial charge in [-0.05, 0) is 6.42 Å². The van der Waals surface area contributed by atoms with Gasteiger partial charge >= 0.3 is 0 Å². The second-order valence-electron chi connectivity index (χ2n) is 3.24. The van der Waals surface area contributed by atoms with Crippen LogP contribution < -0.4 is 11.1 Å². The molecule has 1 aromatic rings. The summed E-state index contributed by atoms with van der Waals surface area (Å²) in [6, 6.07) is -0.0664. The number of halogens is 1. The quantitative estimate of drug-likeness (QED) is 0.634. The fourth-order valence-electron chi connectivity index (χ4n) is 1.24. The SMILES string of the molecule is COCC(CCO)Nc1ncnc(Cl)c1N. The molecule has 0 radical (unpaired) electrons. The van der Waals surface area contributed by atoms with Crippen molar-refractivity contribution < 1.29 is 9.84 Å². The summed E-state index contributed by atoms with van der Waals surface area (Å²) in [5.74, 6) is 0.454. The minimum absolute atomic E-state index is 0.0553. The largest absolute Gasteiger partial charge is 0.396 e. The predicted octanol–water partition coefficient (Wildman–Crippen LogP) is 0.521. The number of aromatic nitrogens is 2. The lowest BCUT2D eigenvalue weighted by Crippen LogP contribution is -2.27. The van der Waals surface area contributed by atoms with Gasteiger partial charge in [-0.1, -0.05) is 11.6 Å². The van der Waals surface area contributed by atoms with E-state index in [4.69, 9.17) is 27.2 Å². The number of aliphatic hydroxyl groups excluding tert-OH is 1. The Hall–Kier alpha value is -1.11. The van der Waals surface area contributed by atoms with Crippen LogP contribution in [0.1, 0.15) is 6.42 Å². The molecule has 0 saturated carbocycles. The van der Waals surface area contributed by atoms with Gasteiger partial charge in [0.1, 0.15) is 12.0 Å². The van der Waals surface area contributed by atoms with Crippen LogP contribution in [0.4, 0.5) is 11.5 Å². The molecule has 1 heterocycles. The third kappa shape index (κ3) is 3.48. The monoisotopic (exact) mass is 246 g/mol. The zero-order chi connectivity index (χ0) is 12.0. The maximum atomic E-state index is 8.88. The number of aliphatic hydroxyl groups is 1. The first-order valence-electron chi connectivity index (χ1n) is 4.81. The Balaban J connectivity index is 2.72. The Kier molecular flexibility index (Phi) is 5.24. The second-order valence-corrected chi connectivity index (χ2v) is 3.59. The van der Waals surface area contributed by atoms with Gasteiger partial charge < -0.3 is 20.9 Å². The van der Waals surface area contributed by atoms with Crippen LogP contribution in [-0.4, -0.2) is 41.4 Å².